The zero-order valence-corrected chi connectivity index (χ0v) is 21.3. The van der Waals surface area contributed by atoms with Crippen LogP contribution >= 0.6 is 0 Å². The quantitative estimate of drug-likeness (QED) is 0.348. The summed E-state index contributed by atoms with van der Waals surface area (Å²) in [7, 11) is 0. The molecule has 4 aromatic rings. The van der Waals surface area contributed by atoms with E-state index in [4.69, 9.17) is 10.6 Å². The first-order chi connectivity index (χ1) is 18.3. The predicted octanol–water partition coefficient (Wildman–Crippen LogP) is 2.63. The Morgan fingerprint density at radius 3 is 2.21 bits per heavy atom. The van der Waals surface area contributed by atoms with E-state index in [-0.39, 0.29) is 30.1 Å². The summed E-state index contributed by atoms with van der Waals surface area (Å²) < 4.78 is 2.83. The molecule has 3 aromatic carbocycles. The van der Waals surface area contributed by atoms with E-state index in [0.29, 0.717) is 17.3 Å². The number of aromatic nitrogens is 2. The third kappa shape index (κ3) is 5.90. The lowest BCUT2D eigenvalue weighted by atomic mass is 10.1. The van der Waals surface area contributed by atoms with Crippen molar-refractivity contribution in [1.82, 2.24) is 14.6 Å². The Hall–Kier alpha value is -4.50. The van der Waals surface area contributed by atoms with Gasteiger partial charge in [0, 0.05) is 12.1 Å². The molecule has 0 radical (unpaired) electrons. The fourth-order valence-electron chi connectivity index (χ4n) is 4.05. The van der Waals surface area contributed by atoms with Crippen LogP contribution in [0, 0.1) is 5.92 Å². The van der Waals surface area contributed by atoms with Crippen molar-refractivity contribution in [3.63, 3.8) is 0 Å². The molecule has 0 saturated carbocycles. The van der Waals surface area contributed by atoms with Crippen LogP contribution in [-0.2, 0) is 29.1 Å². The highest BCUT2D eigenvalue weighted by Gasteiger charge is 2.20. The number of carbonyl (C=O) groups excluding carboxylic acids is 2. The van der Waals surface area contributed by atoms with Crippen molar-refractivity contribution in [1.29, 1.82) is 0 Å². The highest BCUT2D eigenvalue weighted by atomic mass is 16.7. The zero-order chi connectivity index (χ0) is 27.2. The summed E-state index contributed by atoms with van der Waals surface area (Å²) in [6, 6.07) is 22.4. The van der Waals surface area contributed by atoms with Crippen molar-refractivity contribution in [2.24, 2.45) is 11.7 Å². The fraction of sp³-hybridized carbons (Fsp3) is 0.241. The molecule has 0 bridgehead atoms. The topological polar surface area (TPSA) is 125 Å². The van der Waals surface area contributed by atoms with Gasteiger partial charge in [-0.05, 0) is 47.7 Å². The maximum Gasteiger partial charge on any atom is 0.349 e. The minimum atomic E-state index is -0.846. The summed E-state index contributed by atoms with van der Waals surface area (Å²) in [5.41, 5.74) is 9.70. The van der Waals surface area contributed by atoms with Crippen LogP contribution in [0.4, 0.5) is 0 Å². The molecular weight excluding hydrogens is 484 g/mol. The van der Waals surface area contributed by atoms with Gasteiger partial charge in [-0.3, -0.25) is 18.7 Å². The highest BCUT2D eigenvalue weighted by Crippen LogP contribution is 2.12. The number of aryl methyl sites for hydroxylation is 1. The second-order valence-corrected chi connectivity index (χ2v) is 9.40. The Bertz CT molecular complexity index is 1560. The van der Waals surface area contributed by atoms with Gasteiger partial charge in [0.05, 0.1) is 17.4 Å². The summed E-state index contributed by atoms with van der Waals surface area (Å²) >= 11 is 0. The minimum absolute atomic E-state index is 0.133. The lowest BCUT2D eigenvalue weighted by Crippen LogP contribution is -2.41. The van der Waals surface area contributed by atoms with Crippen molar-refractivity contribution in [3.8, 4) is 0 Å². The van der Waals surface area contributed by atoms with Gasteiger partial charge in [0.1, 0.15) is 6.04 Å². The maximum absolute atomic E-state index is 13.5. The standard InChI is InChI=1S/C29H30N4O5/c1-19(2)25(30)28(36)38-31-26(34)22-14-12-21(13-15-22)18-33-24-11-7-6-10-23(24)27(35)32(29(33)37)17-16-20-8-4-3-5-9-20/h3-15,19,25H,16-18,30H2,1-2H3,(H,31,34). The molecule has 196 valence electrons. The number of hydrogen-bond acceptors (Lipinski definition) is 6. The number of para-hydroxylation sites is 1. The van der Waals surface area contributed by atoms with Crippen LogP contribution < -0.4 is 22.5 Å². The molecule has 0 aliphatic heterocycles. The first kappa shape index (κ1) is 26.6. The van der Waals surface area contributed by atoms with E-state index >= 15 is 0 Å². The van der Waals surface area contributed by atoms with Crippen LogP contribution in [0.15, 0.2) is 88.5 Å². The second kappa shape index (κ2) is 11.7. The van der Waals surface area contributed by atoms with Crippen LogP contribution in [0.25, 0.3) is 10.9 Å². The van der Waals surface area contributed by atoms with Gasteiger partial charge in [-0.2, -0.15) is 5.48 Å². The number of fused-ring (bicyclic) bond motifs is 1. The van der Waals surface area contributed by atoms with Crippen molar-refractivity contribution in [2.45, 2.75) is 39.4 Å². The highest BCUT2D eigenvalue weighted by molar-refractivity contribution is 5.94. The van der Waals surface area contributed by atoms with E-state index in [1.54, 1.807) is 66.9 Å². The Morgan fingerprint density at radius 2 is 1.53 bits per heavy atom. The van der Waals surface area contributed by atoms with E-state index in [2.05, 4.69) is 5.48 Å². The third-order valence-electron chi connectivity index (χ3n) is 6.39. The number of carbonyl (C=O) groups is 2. The monoisotopic (exact) mass is 514 g/mol. The van der Waals surface area contributed by atoms with E-state index in [1.807, 2.05) is 30.3 Å². The molecule has 0 aliphatic carbocycles. The molecule has 0 saturated heterocycles. The Labute approximate surface area is 219 Å². The van der Waals surface area contributed by atoms with Crippen molar-refractivity contribution < 1.29 is 14.4 Å². The van der Waals surface area contributed by atoms with Gasteiger partial charge in [0.2, 0.25) is 0 Å². The van der Waals surface area contributed by atoms with E-state index in [9.17, 15) is 19.2 Å². The SMILES string of the molecule is CC(C)C(N)C(=O)ONC(=O)c1ccc(Cn2c(=O)n(CCc3ccccc3)c(=O)c3ccccc32)cc1. The average Bonchev–Trinajstić information content (AvgIpc) is 2.94. The first-order valence-corrected chi connectivity index (χ1v) is 12.4. The fourth-order valence-corrected chi connectivity index (χ4v) is 4.05. The molecule has 3 N–H and O–H groups in total. The molecule has 4 rings (SSSR count). The maximum atomic E-state index is 13.5. The van der Waals surface area contributed by atoms with Gasteiger partial charge in [0.25, 0.3) is 11.5 Å². The Balaban J connectivity index is 1.55. The lowest BCUT2D eigenvalue weighted by molar-refractivity contribution is -0.151. The zero-order valence-electron chi connectivity index (χ0n) is 21.3. The third-order valence-corrected chi connectivity index (χ3v) is 6.39. The molecule has 0 fully saturated rings. The summed E-state index contributed by atoms with van der Waals surface area (Å²) in [5.74, 6) is -1.46. The number of rotatable bonds is 8. The van der Waals surface area contributed by atoms with Crippen molar-refractivity contribution >= 4 is 22.8 Å². The Morgan fingerprint density at radius 1 is 0.868 bits per heavy atom. The first-order valence-electron chi connectivity index (χ1n) is 12.4. The summed E-state index contributed by atoms with van der Waals surface area (Å²) in [6.07, 6.45) is 0.546. The number of hydroxylamine groups is 1. The van der Waals surface area contributed by atoms with Gasteiger partial charge in [-0.1, -0.05) is 68.4 Å². The van der Waals surface area contributed by atoms with Gasteiger partial charge >= 0.3 is 11.7 Å². The number of nitrogens with two attached hydrogens (primary N) is 1. The van der Waals surface area contributed by atoms with Crippen molar-refractivity contribution in [3.05, 3.63) is 116 Å². The molecule has 9 nitrogen and oxygen atoms in total. The second-order valence-electron chi connectivity index (χ2n) is 9.40. The van der Waals surface area contributed by atoms with E-state index < -0.39 is 23.6 Å². The predicted molar refractivity (Wildman–Crippen MR) is 145 cm³/mol. The molecule has 38 heavy (non-hydrogen) atoms. The van der Waals surface area contributed by atoms with Crippen LogP contribution in [0.5, 0.6) is 0 Å². The number of nitrogens with zero attached hydrogens (tertiary/aromatic N) is 2. The molecule has 0 spiro atoms. The smallest absolute Gasteiger partial charge is 0.339 e. The van der Waals surface area contributed by atoms with Crippen molar-refractivity contribution in [2.75, 3.05) is 0 Å². The molecule has 1 atom stereocenters. The molecule has 1 aromatic heterocycles. The van der Waals surface area contributed by atoms with E-state index in [0.717, 1.165) is 11.1 Å². The minimum Gasteiger partial charge on any atom is -0.339 e. The normalized spacial score (nSPS) is 11.9. The van der Waals surface area contributed by atoms with Gasteiger partial charge < -0.3 is 10.6 Å². The number of amides is 1. The Kier molecular flexibility index (Phi) is 8.18. The number of nitrogens with one attached hydrogen (secondary N) is 1. The van der Waals surface area contributed by atoms with Crippen LogP contribution in [0.2, 0.25) is 0 Å². The molecule has 1 heterocycles. The summed E-state index contributed by atoms with van der Waals surface area (Å²) in [6.45, 7) is 4.00. The van der Waals surface area contributed by atoms with Gasteiger partial charge in [0.15, 0.2) is 0 Å². The van der Waals surface area contributed by atoms with Gasteiger partial charge in [-0.25, -0.2) is 9.59 Å². The molecule has 0 aliphatic rings. The van der Waals surface area contributed by atoms with Crippen LogP contribution in [-0.4, -0.2) is 27.1 Å². The summed E-state index contributed by atoms with van der Waals surface area (Å²) in [4.78, 5) is 55.7. The largest absolute Gasteiger partial charge is 0.349 e. The molecule has 1 amide bonds. The van der Waals surface area contributed by atoms with Gasteiger partial charge in [-0.15, -0.1) is 0 Å². The van der Waals surface area contributed by atoms with E-state index in [1.165, 1.54) is 4.57 Å². The van der Waals surface area contributed by atoms with Crippen LogP contribution in [0.1, 0.15) is 35.3 Å². The molecular formula is C29H30N4O5. The lowest BCUT2D eigenvalue weighted by Gasteiger charge is -2.15. The summed E-state index contributed by atoms with van der Waals surface area (Å²) in [5, 5.41) is 0.456. The average molecular weight is 515 g/mol. The molecule has 9 heteroatoms. The number of benzene rings is 3. The van der Waals surface area contributed by atoms with Crippen LogP contribution in [0.3, 0.4) is 0 Å². The number of hydrogen-bond donors (Lipinski definition) is 2. The molecule has 1 unspecified atom stereocenters.